The molecule has 1 aliphatic rings. The minimum Gasteiger partial charge on any atom is -0.493 e. The van der Waals surface area contributed by atoms with E-state index in [4.69, 9.17) is 9.47 Å². The molecule has 1 aromatic heterocycles. The van der Waals surface area contributed by atoms with Gasteiger partial charge in [0.1, 0.15) is 6.61 Å². The molecule has 0 bridgehead atoms. The number of pyridine rings is 1. The zero-order chi connectivity index (χ0) is 19.5. The Labute approximate surface area is 162 Å². The maximum Gasteiger partial charge on any atom is 0.165 e. The molecule has 2 aromatic carbocycles. The fraction of sp³-hybridized carbons (Fsp3) is 0.227. The van der Waals surface area contributed by atoms with Gasteiger partial charge in [-0.05, 0) is 41.5 Å². The van der Waals surface area contributed by atoms with Gasteiger partial charge in [0.2, 0.25) is 0 Å². The molecular formula is C22H20F2N2O2. The van der Waals surface area contributed by atoms with Crippen molar-refractivity contribution in [1.82, 2.24) is 9.88 Å². The van der Waals surface area contributed by atoms with Crippen LogP contribution >= 0.6 is 0 Å². The Balaban J connectivity index is 1.65. The first-order valence-corrected chi connectivity index (χ1v) is 9.04. The van der Waals surface area contributed by atoms with Gasteiger partial charge >= 0.3 is 0 Å². The van der Waals surface area contributed by atoms with Gasteiger partial charge < -0.3 is 9.47 Å². The SMILES string of the molecule is COc1cc(-c2cccnc2)cc2c1OCCN(Cc1ccc(F)c(F)c1)C2. The summed E-state index contributed by atoms with van der Waals surface area (Å²) in [6.45, 7) is 2.26. The van der Waals surface area contributed by atoms with Crippen molar-refractivity contribution >= 4 is 0 Å². The quantitative estimate of drug-likeness (QED) is 0.669. The van der Waals surface area contributed by atoms with Crippen molar-refractivity contribution in [2.24, 2.45) is 0 Å². The number of methoxy groups -OCH3 is 1. The largest absolute Gasteiger partial charge is 0.493 e. The number of ether oxygens (including phenoxy) is 2. The van der Waals surface area contributed by atoms with Crippen LogP contribution in [0.5, 0.6) is 11.5 Å². The minimum absolute atomic E-state index is 0.485. The molecule has 0 unspecified atom stereocenters. The molecule has 0 fully saturated rings. The average Bonchev–Trinajstić information content (AvgIpc) is 2.92. The third-order valence-electron chi connectivity index (χ3n) is 4.78. The van der Waals surface area contributed by atoms with Gasteiger partial charge in [0.25, 0.3) is 0 Å². The van der Waals surface area contributed by atoms with Crippen LogP contribution < -0.4 is 9.47 Å². The number of hydrogen-bond donors (Lipinski definition) is 0. The van der Waals surface area contributed by atoms with Crippen LogP contribution in [0.2, 0.25) is 0 Å². The van der Waals surface area contributed by atoms with Crippen molar-refractivity contribution in [3.63, 3.8) is 0 Å². The Morgan fingerprint density at radius 2 is 2.00 bits per heavy atom. The Morgan fingerprint density at radius 3 is 2.75 bits per heavy atom. The van der Waals surface area contributed by atoms with Gasteiger partial charge in [-0.25, -0.2) is 8.78 Å². The molecule has 6 heteroatoms. The van der Waals surface area contributed by atoms with Gasteiger partial charge in [0.15, 0.2) is 23.1 Å². The van der Waals surface area contributed by atoms with Crippen molar-refractivity contribution in [1.29, 1.82) is 0 Å². The molecule has 3 aromatic rings. The van der Waals surface area contributed by atoms with E-state index in [0.717, 1.165) is 34.1 Å². The van der Waals surface area contributed by atoms with E-state index in [0.29, 0.717) is 32.0 Å². The van der Waals surface area contributed by atoms with Gasteiger partial charge in [0.05, 0.1) is 7.11 Å². The van der Waals surface area contributed by atoms with E-state index < -0.39 is 11.6 Å². The first kappa shape index (κ1) is 18.4. The van der Waals surface area contributed by atoms with Crippen LogP contribution in [0.4, 0.5) is 8.78 Å². The third kappa shape index (κ3) is 3.82. The summed E-state index contributed by atoms with van der Waals surface area (Å²) in [5.74, 6) is -0.266. The molecule has 0 amide bonds. The highest BCUT2D eigenvalue weighted by Gasteiger charge is 2.21. The number of benzene rings is 2. The van der Waals surface area contributed by atoms with Crippen molar-refractivity contribution in [3.05, 3.63) is 77.6 Å². The molecule has 0 atom stereocenters. The summed E-state index contributed by atoms with van der Waals surface area (Å²) < 4.78 is 38.3. The van der Waals surface area contributed by atoms with Gasteiger partial charge in [0, 0.05) is 43.2 Å². The van der Waals surface area contributed by atoms with Crippen molar-refractivity contribution in [3.8, 4) is 22.6 Å². The molecular weight excluding hydrogens is 362 g/mol. The summed E-state index contributed by atoms with van der Waals surface area (Å²) in [5.41, 5.74) is 3.68. The lowest BCUT2D eigenvalue weighted by Gasteiger charge is -2.20. The van der Waals surface area contributed by atoms with Gasteiger partial charge in [-0.15, -0.1) is 0 Å². The van der Waals surface area contributed by atoms with Crippen molar-refractivity contribution in [2.75, 3.05) is 20.3 Å². The van der Waals surface area contributed by atoms with E-state index in [1.807, 2.05) is 18.2 Å². The molecule has 0 saturated heterocycles. The maximum atomic E-state index is 13.6. The molecule has 28 heavy (non-hydrogen) atoms. The summed E-state index contributed by atoms with van der Waals surface area (Å²) in [4.78, 5) is 6.33. The summed E-state index contributed by atoms with van der Waals surface area (Å²) >= 11 is 0. The van der Waals surface area contributed by atoms with E-state index >= 15 is 0 Å². The van der Waals surface area contributed by atoms with Crippen LogP contribution in [-0.4, -0.2) is 30.1 Å². The zero-order valence-electron chi connectivity index (χ0n) is 15.5. The molecule has 0 aliphatic carbocycles. The topological polar surface area (TPSA) is 34.6 Å². The summed E-state index contributed by atoms with van der Waals surface area (Å²) in [5, 5.41) is 0. The Morgan fingerprint density at radius 1 is 1.11 bits per heavy atom. The molecule has 2 heterocycles. The molecule has 0 radical (unpaired) electrons. The molecule has 0 saturated carbocycles. The predicted octanol–water partition coefficient (Wildman–Crippen LogP) is 4.43. The fourth-order valence-electron chi connectivity index (χ4n) is 3.42. The van der Waals surface area contributed by atoms with Gasteiger partial charge in [-0.1, -0.05) is 12.1 Å². The Hall–Kier alpha value is -2.99. The first-order chi connectivity index (χ1) is 13.6. The molecule has 4 nitrogen and oxygen atoms in total. The number of nitrogens with zero attached hydrogens (tertiary/aromatic N) is 2. The smallest absolute Gasteiger partial charge is 0.165 e. The van der Waals surface area contributed by atoms with Crippen LogP contribution in [0, 0.1) is 11.6 Å². The van der Waals surface area contributed by atoms with Crippen LogP contribution in [0.1, 0.15) is 11.1 Å². The average molecular weight is 382 g/mol. The van der Waals surface area contributed by atoms with Crippen LogP contribution in [-0.2, 0) is 13.1 Å². The second kappa shape index (κ2) is 7.94. The number of aromatic nitrogens is 1. The molecule has 1 aliphatic heterocycles. The second-order valence-corrected chi connectivity index (χ2v) is 6.72. The lowest BCUT2D eigenvalue weighted by Crippen LogP contribution is -2.25. The van der Waals surface area contributed by atoms with Gasteiger partial charge in [-0.3, -0.25) is 9.88 Å². The molecule has 4 rings (SSSR count). The highest BCUT2D eigenvalue weighted by molar-refractivity contribution is 5.68. The number of halogens is 2. The lowest BCUT2D eigenvalue weighted by atomic mass is 10.0. The number of hydrogen-bond acceptors (Lipinski definition) is 4. The molecule has 0 spiro atoms. The standard InChI is InChI=1S/C22H20F2N2O2/c1-27-21-11-17(16-3-2-6-25-12-16)10-18-14-26(7-8-28-22(18)21)13-15-4-5-19(23)20(24)9-15/h2-6,9-12H,7-8,13-14H2,1H3. The van der Waals surface area contributed by atoms with E-state index in [1.54, 1.807) is 25.6 Å². The fourth-order valence-corrected chi connectivity index (χ4v) is 3.42. The highest BCUT2D eigenvalue weighted by atomic mass is 19.2. The summed E-state index contributed by atoms with van der Waals surface area (Å²) in [6, 6.07) is 11.9. The highest BCUT2D eigenvalue weighted by Crippen LogP contribution is 2.38. The summed E-state index contributed by atoms with van der Waals surface area (Å²) in [7, 11) is 1.62. The van der Waals surface area contributed by atoms with E-state index in [9.17, 15) is 8.78 Å². The number of rotatable bonds is 4. The molecule has 144 valence electrons. The van der Waals surface area contributed by atoms with E-state index in [2.05, 4.69) is 16.0 Å². The Kier molecular flexibility index (Phi) is 5.21. The first-order valence-electron chi connectivity index (χ1n) is 9.04. The monoisotopic (exact) mass is 382 g/mol. The van der Waals surface area contributed by atoms with Crippen LogP contribution in [0.3, 0.4) is 0 Å². The lowest BCUT2D eigenvalue weighted by molar-refractivity contribution is 0.216. The number of fused-ring (bicyclic) bond motifs is 1. The second-order valence-electron chi connectivity index (χ2n) is 6.72. The van der Waals surface area contributed by atoms with Gasteiger partial charge in [-0.2, -0.15) is 0 Å². The maximum absolute atomic E-state index is 13.6. The zero-order valence-corrected chi connectivity index (χ0v) is 15.5. The minimum atomic E-state index is -0.834. The Bertz CT molecular complexity index is 980. The molecule has 0 N–H and O–H groups in total. The van der Waals surface area contributed by atoms with Crippen molar-refractivity contribution < 1.29 is 18.3 Å². The normalized spacial score (nSPS) is 14.1. The predicted molar refractivity (Wildman–Crippen MR) is 102 cm³/mol. The summed E-state index contributed by atoms with van der Waals surface area (Å²) in [6.07, 6.45) is 3.54. The van der Waals surface area contributed by atoms with Crippen molar-refractivity contribution in [2.45, 2.75) is 13.1 Å². The van der Waals surface area contributed by atoms with Crippen LogP contribution in [0.25, 0.3) is 11.1 Å². The third-order valence-corrected chi connectivity index (χ3v) is 4.78. The van der Waals surface area contributed by atoms with E-state index in [-0.39, 0.29) is 0 Å². The van der Waals surface area contributed by atoms with E-state index in [1.165, 1.54) is 6.07 Å². The van der Waals surface area contributed by atoms with Crippen LogP contribution in [0.15, 0.2) is 54.9 Å².